The van der Waals surface area contributed by atoms with Gasteiger partial charge in [-0.15, -0.1) is 5.92 Å². The van der Waals surface area contributed by atoms with Gasteiger partial charge in [0.05, 0.1) is 13.1 Å². The van der Waals surface area contributed by atoms with E-state index in [0.717, 1.165) is 4.57 Å². The third-order valence-corrected chi connectivity index (χ3v) is 4.77. The van der Waals surface area contributed by atoms with Gasteiger partial charge in [0.1, 0.15) is 0 Å². The average Bonchev–Trinajstić information content (AvgIpc) is 2.98. The molecule has 2 aromatic heterocycles. The van der Waals surface area contributed by atoms with Crippen LogP contribution in [-0.4, -0.2) is 24.5 Å². The smallest absolute Gasteiger partial charge is 0.332 e. The minimum atomic E-state index is -0.630. The first-order chi connectivity index (χ1) is 12.9. The molecule has 0 spiro atoms. The maximum Gasteiger partial charge on any atom is 0.332 e. The van der Waals surface area contributed by atoms with E-state index < -0.39 is 23.6 Å². The number of rotatable bonds is 4. The number of para-hydroxylation sites is 1. The second kappa shape index (κ2) is 7.25. The highest BCUT2D eigenvalue weighted by Gasteiger charge is 2.21. The molecule has 27 heavy (non-hydrogen) atoms. The molecule has 0 fully saturated rings. The van der Waals surface area contributed by atoms with Gasteiger partial charge in [0.25, 0.3) is 5.56 Å². The zero-order valence-corrected chi connectivity index (χ0v) is 16.3. The van der Waals surface area contributed by atoms with Crippen molar-refractivity contribution in [1.82, 2.24) is 18.7 Å². The van der Waals surface area contributed by atoms with E-state index in [1.54, 1.807) is 35.8 Å². The lowest BCUT2D eigenvalue weighted by molar-refractivity contribution is 0.0969. The lowest BCUT2D eigenvalue weighted by Crippen LogP contribution is -2.41. The van der Waals surface area contributed by atoms with Gasteiger partial charge in [-0.3, -0.25) is 18.7 Å². The van der Waals surface area contributed by atoms with Gasteiger partial charge < -0.3 is 10.3 Å². The van der Waals surface area contributed by atoms with Crippen LogP contribution in [0.2, 0.25) is 0 Å². The van der Waals surface area contributed by atoms with Crippen molar-refractivity contribution in [3.63, 3.8) is 0 Å². The standard InChI is InChI=1S/C18H16BrN5O3/c1-3-4-9-23-14-15(21-17(23)19)22(2)18(27)24(16(14)26)10-13(25)11-7-5-6-8-12(11)20/h5-8H,9-10,20H2,1-2H3. The Hall–Kier alpha value is -3.12. The molecule has 0 unspecified atom stereocenters. The summed E-state index contributed by atoms with van der Waals surface area (Å²) in [4.78, 5) is 42.5. The molecule has 0 saturated heterocycles. The van der Waals surface area contributed by atoms with E-state index in [-0.39, 0.29) is 23.3 Å². The molecule has 8 nitrogen and oxygen atoms in total. The van der Waals surface area contributed by atoms with Crippen LogP contribution in [0, 0.1) is 11.8 Å². The SMILES string of the molecule is CC#CCn1c(Br)nc2c1c(=O)n(CC(=O)c1ccccc1N)c(=O)n2C. The molecule has 1 aromatic carbocycles. The first-order valence-corrected chi connectivity index (χ1v) is 8.79. The summed E-state index contributed by atoms with van der Waals surface area (Å²) < 4.78 is 4.06. The molecule has 138 valence electrons. The number of nitrogens with zero attached hydrogens (tertiary/aromatic N) is 4. The summed E-state index contributed by atoms with van der Waals surface area (Å²) in [5, 5.41) is 0. The number of hydrogen-bond donors (Lipinski definition) is 1. The number of imidazole rings is 1. The summed E-state index contributed by atoms with van der Waals surface area (Å²) in [6, 6.07) is 6.52. The molecule has 2 N–H and O–H groups in total. The quantitative estimate of drug-likeness (QED) is 0.289. The topological polar surface area (TPSA) is 105 Å². The summed E-state index contributed by atoms with van der Waals surface area (Å²) in [6.07, 6.45) is 0. The third-order valence-electron chi connectivity index (χ3n) is 4.16. The number of halogens is 1. The van der Waals surface area contributed by atoms with Crippen LogP contribution in [0.1, 0.15) is 17.3 Å². The number of Topliss-reactive ketones (excluding diaryl/α,β-unsaturated/α-hetero) is 1. The van der Waals surface area contributed by atoms with Crippen molar-refractivity contribution in [3.8, 4) is 11.8 Å². The molecule has 0 amide bonds. The molecule has 0 radical (unpaired) electrons. The third kappa shape index (κ3) is 3.19. The van der Waals surface area contributed by atoms with Crippen LogP contribution >= 0.6 is 15.9 Å². The zero-order valence-electron chi connectivity index (χ0n) is 14.7. The number of anilines is 1. The number of nitrogens with two attached hydrogens (primary N) is 1. The van der Waals surface area contributed by atoms with Gasteiger partial charge in [0.2, 0.25) is 0 Å². The second-order valence-electron chi connectivity index (χ2n) is 5.81. The summed E-state index contributed by atoms with van der Waals surface area (Å²) in [6.45, 7) is 1.49. The summed E-state index contributed by atoms with van der Waals surface area (Å²) in [7, 11) is 1.50. The number of carbonyl (C=O) groups excluding carboxylic acids is 1. The Morgan fingerprint density at radius 3 is 2.63 bits per heavy atom. The van der Waals surface area contributed by atoms with Gasteiger partial charge in [0.15, 0.2) is 21.7 Å². The largest absolute Gasteiger partial charge is 0.398 e. The monoisotopic (exact) mass is 429 g/mol. The van der Waals surface area contributed by atoms with Crippen molar-refractivity contribution in [3.05, 3.63) is 55.4 Å². The number of fused-ring (bicyclic) bond motifs is 1. The van der Waals surface area contributed by atoms with Gasteiger partial charge in [-0.05, 0) is 35.0 Å². The van der Waals surface area contributed by atoms with Gasteiger partial charge in [-0.1, -0.05) is 18.1 Å². The molecule has 3 rings (SSSR count). The van der Waals surface area contributed by atoms with Crippen LogP contribution in [-0.2, 0) is 20.1 Å². The van der Waals surface area contributed by atoms with E-state index in [9.17, 15) is 14.4 Å². The van der Waals surface area contributed by atoms with E-state index in [1.165, 1.54) is 11.6 Å². The molecule has 2 heterocycles. The first-order valence-electron chi connectivity index (χ1n) is 7.99. The van der Waals surface area contributed by atoms with E-state index in [0.29, 0.717) is 10.4 Å². The van der Waals surface area contributed by atoms with Crippen molar-refractivity contribution < 1.29 is 4.79 Å². The number of ketones is 1. The molecule has 0 aliphatic heterocycles. The van der Waals surface area contributed by atoms with E-state index >= 15 is 0 Å². The van der Waals surface area contributed by atoms with E-state index in [2.05, 4.69) is 32.8 Å². The van der Waals surface area contributed by atoms with Crippen molar-refractivity contribution in [2.75, 3.05) is 5.73 Å². The first kappa shape index (κ1) is 18.7. The number of hydrogen-bond acceptors (Lipinski definition) is 5. The van der Waals surface area contributed by atoms with E-state index in [4.69, 9.17) is 5.73 Å². The molecule has 0 saturated carbocycles. The van der Waals surface area contributed by atoms with Crippen LogP contribution in [0.3, 0.4) is 0 Å². The minimum absolute atomic E-state index is 0.195. The maximum absolute atomic E-state index is 13.0. The molecule has 0 bridgehead atoms. The lowest BCUT2D eigenvalue weighted by Gasteiger charge is -2.09. The zero-order chi connectivity index (χ0) is 19.7. The van der Waals surface area contributed by atoms with Crippen LogP contribution in [0.5, 0.6) is 0 Å². The van der Waals surface area contributed by atoms with Crippen LogP contribution in [0.15, 0.2) is 38.6 Å². The second-order valence-corrected chi connectivity index (χ2v) is 6.52. The fourth-order valence-electron chi connectivity index (χ4n) is 2.77. The highest BCUT2D eigenvalue weighted by molar-refractivity contribution is 9.10. The Morgan fingerprint density at radius 2 is 1.96 bits per heavy atom. The number of carbonyl (C=O) groups is 1. The van der Waals surface area contributed by atoms with Gasteiger partial charge >= 0.3 is 5.69 Å². The average molecular weight is 430 g/mol. The summed E-state index contributed by atoms with van der Waals surface area (Å²) in [5.41, 5.74) is 5.56. The van der Waals surface area contributed by atoms with Crippen molar-refractivity contribution in [1.29, 1.82) is 0 Å². The molecule has 3 aromatic rings. The van der Waals surface area contributed by atoms with Gasteiger partial charge in [0, 0.05) is 18.3 Å². The van der Waals surface area contributed by atoms with Gasteiger partial charge in [-0.25, -0.2) is 9.78 Å². The Balaban J connectivity index is 2.20. The minimum Gasteiger partial charge on any atom is -0.398 e. The Labute approximate surface area is 162 Å². The number of benzene rings is 1. The van der Waals surface area contributed by atoms with Crippen molar-refractivity contribution in [2.45, 2.75) is 20.0 Å². The fraction of sp³-hybridized carbons (Fsp3) is 0.222. The normalized spacial score (nSPS) is 10.6. The highest BCUT2D eigenvalue weighted by Crippen LogP contribution is 2.16. The maximum atomic E-state index is 13.0. The number of aryl methyl sites for hydroxylation is 1. The summed E-state index contributed by atoms with van der Waals surface area (Å²) in [5.74, 6) is 5.19. The van der Waals surface area contributed by atoms with Crippen LogP contribution < -0.4 is 17.0 Å². The lowest BCUT2D eigenvalue weighted by atomic mass is 10.1. The van der Waals surface area contributed by atoms with Gasteiger partial charge in [-0.2, -0.15) is 0 Å². The van der Waals surface area contributed by atoms with Crippen molar-refractivity contribution >= 4 is 38.6 Å². The van der Waals surface area contributed by atoms with E-state index in [1.807, 2.05) is 0 Å². The number of nitrogen functional groups attached to an aromatic ring is 1. The molecule has 0 aliphatic carbocycles. The molecule has 0 aliphatic rings. The Morgan fingerprint density at radius 1 is 1.26 bits per heavy atom. The molecule has 0 atom stereocenters. The Kier molecular flexibility index (Phi) is 5.01. The Bertz CT molecular complexity index is 1240. The highest BCUT2D eigenvalue weighted by atomic mass is 79.9. The predicted molar refractivity (Wildman–Crippen MR) is 106 cm³/mol. The molecular formula is C18H16BrN5O3. The molecular weight excluding hydrogens is 414 g/mol. The molecule has 9 heteroatoms. The summed E-state index contributed by atoms with van der Waals surface area (Å²) >= 11 is 3.29. The van der Waals surface area contributed by atoms with Crippen molar-refractivity contribution in [2.24, 2.45) is 7.05 Å². The predicted octanol–water partition coefficient (Wildman–Crippen LogP) is 1.15. The van der Waals surface area contributed by atoms with Crippen LogP contribution in [0.4, 0.5) is 5.69 Å². The number of aromatic nitrogens is 4. The fourth-order valence-corrected chi connectivity index (χ4v) is 3.24. The van der Waals surface area contributed by atoms with Crippen LogP contribution in [0.25, 0.3) is 11.2 Å².